The molecule has 0 spiro atoms. The van der Waals surface area contributed by atoms with E-state index in [9.17, 15) is 0 Å². The summed E-state index contributed by atoms with van der Waals surface area (Å²) in [6.07, 6.45) is 1.14. The van der Waals surface area contributed by atoms with Crippen molar-refractivity contribution in [1.82, 2.24) is 10.2 Å². The van der Waals surface area contributed by atoms with Crippen LogP contribution in [0.2, 0.25) is 0 Å². The molecular formula is C15H24N2. The largest absolute Gasteiger partial charge is 0.311 e. The molecule has 0 amide bonds. The summed E-state index contributed by atoms with van der Waals surface area (Å²) >= 11 is 0. The highest BCUT2D eigenvalue weighted by molar-refractivity contribution is 5.16. The summed E-state index contributed by atoms with van der Waals surface area (Å²) in [6.45, 7) is 9.16. The normalized spacial score (nSPS) is 26.4. The van der Waals surface area contributed by atoms with Crippen molar-refractivity contribution in [3.05, 3.63) is 35.9 Å². The molecule has 1 aliphatic rings. The molecule has 1 saturated heterocycles. The molecule has 1 aromatic carbocycles. The Kier molecular flexibility index (Phi) is 4.19. The quantitative estimate of drug-likeness (QED) is 0.860. The molecule has 2 rings (SSSR count). The summed E-state index contributed by atoms with van der Waals surface area (Å²) in [5, 5.41) is 3.66. The first-order valence-electron chi connectivity index (χ1n) is 6.70. The van der Waals surface area contributed by atoms with E-state index in [1.165, 1.54) is 5.56 Å². The fourth-order valence-corrected chi connectivity index (χ4v) is 2.71. The Labute approximate surface area is 105 Å². The van der Waals surface area contributed by atoms with Crippen molar-refractivity contribution in [2.24, 2.45) is 0 Å². The SMILES string of the molecule is CC(C)N1CC(Cc2ccccc2)NCC1C. The highest BCUT2D eigenvalue weighted by Crippen LogP contribution is 2.13. The van der Waals surface area contributed by atoms with Crippen LogP contribution in [0.5, 0.6) is 0 Å². The van der Waals surface area contributed by atoms with Gasteiger partial charge >= 0.3 is 0 Å². The van der Waals surface area contributed by atoms with Crippen LogP contribution in [0, 0.1) is 0 Å². The number of hydrogen-bond acceptors (Lipinski definition) is 2. The van der Waals surface area contributed by atoms with Crippen molar-refractivity contribution in [1.29, 1.82) is 0 Å². The van der Waals surface area contributed by atoms with Crippen LogP contribution >= 0.6 is 0 Å². The predicted octanol–water partition coefficient (Wildman–Crippen LogP) is 2.30. The summed E-state index contributed by atoms with van der Waals surface area (Å²) in [7, 11) is 0. The topological polar surface area (TPSA) is 15.3 Å². The number of benzene rings is 1. The minimum absolute atomic E-state index is 0.594. The van der Waals surface area contributed by atoms with Crippen LogP contribution in [-0.4, -0.2) is 36.1 Å². The van der Waals surface area contributed by atoms with E-state index >= 15 is 0 Å². The smallest absolute Gasteiger partial charge is 0.0236 e. The molecule has 2 heteroatoms. The maximum absolute atomic E-state index is 3.66. The van der Waals surface area contributed by atoms with Gasteiger partial charge in [0, 0.05) is 31.2 Å². The molecule has 0 saturated carbocycles. The summed E-state index contributed by atoms with van der Waals surface area (Å²) in [5.74, 6) is 0. The summed E-state index contributed by atoms with van der Waals surface area (Å²) in [6, 6.07) is 12.7. The highest BCUT2D eigenvalue weighted by atomic mass is 15.2. The molecule has 2 unspecified atom stereocenters. The van der Waals surface area contributed by atoms with E-state index in [0.29, 0.717) is 18.1 Å². The molecule has 0 aromatic heterocycles. The second kappa shape index (κ2) is 5.65. The Morgan fingerprint density at radius 2 is 2.00 bits per heavy atom. The molecule has 0 aliphatic carbocycles. The van der Waals surface area contributed by atoms with Gasteiger partial charge in [0.1, 0.15) is 0 Å². The van der Waals surface area contributed by atoms with Crippen molar-refractivity contribution in [3.63, 3.8) is 0 Å². The van der Waals surface area contributed by atoms with Gasteiger partial charge in [0.25, 0.3) is 0 Å². The minimum atomic E-state index is 0.594. The molecule has 94 valence electrons. The van der Waals surface area contributed by atoms with Crippen LogP contribution in [0.25, 0.3) is 0 Å². The van der Waals surface area contributed by atoms with Crippen LogP contribution in [0.4, 0.5) is 0 Å². The van der Waals surface area contributed by atoms with Gasteiger partial charge < -0.3 is 5.32 Å². The molecule has 0 radical (unpaired) electrons. The standard InChI is InChI=1S/C15H24N2/c1-12(2)17-11-15(16-10-13(17)3)9-14-7-5-4-6-8-14/h4-8,12-13,15-16H,9-11H2,1-3H3. The Bertz CT molecular complexity index is 334. The van der Waals surface area contributed by atoms with E-state index < -0.39 is 0 Å². The van der Waals surface area contributed by atoms with Crippen LogP contribution in [0.15, 0.2) is 30.3 Å². The van der Waals surface area contributed by atoms with Crippen LogP contribution in [0.1, 0.15) is 26.3 Å². The number of hydrogen-bond donors (Lipinski definition) is 1. The van der Waals surface area contributed by atoms with Gasteiger partial charge in [-0.1, -0.05) is 30.3 Å². The Morgan fingerprint density at radius 3 is 2.65 bits per heavy atom. The lowest BCUT2D eigenvalue weighted by molar-refractivity contribution is 0.107. The van der Waals surface area contributed by atoms with Gasteiger partial charge in [0.15, 0.2) is 0 Å². The van der Waals surface area contributed by atoms with Crippen LogP contribution in [0.3, 0.4) is 0 Å². The van der Waals surface area contributed by atoms with Crippen molar-refractivity contribution < 1.29 is 0 Å². The van der Waals surface area contributed by atoms with Crippen molar-refractivity contribution >= 4 is 0 Å². The van der Waals surface area contributed by atoms with Crippen molar-refractivity contribution in [2.75, 3.05) is 13.1 Å². The van der Waals surface area contributed by atoms with Crippen LogP contribution in [-0.2, 0) is 6.42 Å². The average molecular weight is 232 g/mol. The zero-order chi connectivity index (χ0) is 12.3. The Balaban J connectivity index is 1.95. The number of piperazine rings is 1. The van der Waals surface area contributed by atoms with E-state index in [1.807, 2.05) is 0 Å². The lowest BCUT2D eigenvalue weighted by atomic mass is 10.0. The fourth-order valence-electron chi connectivity index (χ4n) is 2.71. The van der Waals surface area contributed by atoms with Gasteiger partial charge in [-0.05, 0) is 32.8 Å². The van der Waals surface area contributed by atoms with E-state index in [0.717, 1.165) is 19.5 Å². The minimum Gasteiger partial charge on any atom is -0.311 e. The van der Waals surface area contributed by atoms with Crippen LogP contribution < -0.4 is 5.32 Å². The molecule has 1 N–H and O–H groups in total. The molecule has 0 bridgehead atoms. The van der Waals surface area contributed by atoms with Gasteiger partial charge in [-0.3, -0.25) is 4.90 Å². The second-order valence-electron chi connectivity index (χ2n) is 5.43. The monoisotopic (exact) mass is 232 g/mol. The van der Waals surface area contributed by atoms with E-state index in [4.69, 9.17) is 0 Å². The molecular weight excluding hydrogens is 208 g/mol. The lowest BCUT2D eigenvalue weighted by Gasteiger charge is -2.41. The summed E-state index contributed by atoms with van der Waals surface area (Å²) < 4.78 is 0. The maximum atomic E-state index is 3.66. The van der Waals surface area contributed by atoms with E-state index in [-0.39, 0.29) is 0 Å². The first-order valence-corrected chi connectivity index (χ1v) is 6.70. The van der Waals surface area contributed by atoms with Gasteiger partial charge in [-0.15, -0.1) is 0 Å². The second-order valence-corrected chi connectivity index (χ2v) is 5.43. The first-order chi connectivity index (χ1) is 8.16. The third-order valence-electron chi connectivity index (χ3n) is 3.69. The number of rotatable bonds is 3. The third kappa shape index (κ3) is 3.30. The zero-order valence-corrected chi connectivity index (χ0v) is 11.2. The van der Waals surface area contributed by atoms with Gasteiger partial charge in [-0.2, -0.15) is 0 Å². The summed E-state index contributed by atoms with van der Waals surface area (Å²) in [5.41, 5.74) is 1.43. The van der Waals surface area contributed by atoms with Gasteiger partial charge in [0.2, 0.25) is 0 Å². The van der Waals surface area contributed by atoms with Crippen molar-refractivity contribution in [2.45, 2.75) is 45.3 Å². The molecule has 2 nitrogen and oxygen atoms in total. The van der Waals surface area contributed by atoms with E-state index in [2.05, 4.69) is 61.3 Å². The highest BCUT2D eigenvalue weighted by Gasteiger charge is 2.26. The average Bonchev–Trinajstić information content (AvgIpc) is 2.32. The maximum Gasteiger partial charge on any atom is 0.0236 e. The van der Waals surface area contributed by atoms with Gasteiger partial charge in [0.05, 0.1) is 0 Å². The third-order valence-corrected chi connectivity index (χ3v) is 3.69. The van der Waals surface area contributed by atoms with Crippen molar-refractivity contribution in [3.8, 4) is 0 Å². The molecule has 1 aromatic rings. The number of nitrogens with one attached hydrogen (secondary N) is 1. The molecule has 17 heavy (non-hydrogen) atoms. The van der Waals surface area contributed by atoms with Gasteiger partial charge in [-0.25, -0.2) is 0 Å². The van der Waals surface area contributed by atoms with E-state index in [1.54, 1.807) is 0 Å². The molecule has 2 atom stereocenters. The zero-order valence-electron chi connectivity index (χ0n) is 11.2. The molecule has 1 fully saturated rings. The number of nitrogens with zero attached hydrogens (tertiary/aromatic N) is 1. The fraction of sp³-hybridized carbons (Fsp3) is 0.600. The Morgan fingerprint density at radius 1 is 1.29 bits per heavy atom. The molecule has 1 aliphatic heterocycles. The predicted molar refractivity (Wildman–Crippen MR) is 73.2 cm³/mol. The molecule has 1 heterocycles. The first kappa shape index (κ1) is 12.6. The Hall–Kier alpha value is -0.860. The summed E-state index contributed by atoms with van der Waals surface area (Å²) in [4.78, 5) is 2.60. The lowest BCUT2D eigenvalue weighted by Crippen LogP contribution is -2.58.